The second kappa shape index (κ2) is 4.82. The molecule has 0 aromatic carbocycles. The zero-order valence-electron chi connectivity index (χ0n) is 8.72. The average molecular weight is 191 g/mol. The Kier molecular flexibility index (Phi) is 3.72. The molecule has 0 aliphatic carbocycles. The van der Waals surface area contributed by atoms with Crippen molar-refractivity contribution in [3.05, 3.63) is 48.8 Å². The molecule has 0 amide bonds. The van der Waals surface area contributed by atoms with Gasteiger partial charge in [0.2, 0.25) is 0 Å². The predicted octanol–water partition coefficient (Wildman–Crippen LogP) is 2.54. The number of hydrogen-bond acceptors (Lipinski definition) is 1. The Morgan fingerprint density at radius 1 is 1.36 bits per heavy atom. The van der Waals surface area contributed by atoms with E-state index in [1.165, 1.54) is 0 Å². The van der Waals surface area contributed by atoms with Crippen LogP contribution in [-0.2, 0) is 0 Å². The number of aliphatic hydroxyl groups is 1. The third-order valence-corrected chi connectivity index (χ3v) is 2.07. The molecule has 0 unspecified atom stereocenters. The van der Waals surface area contributed by atoms with Crippen LogP contribution in [0, 0.1) is 0 Å². The van der Waals surface area contributed by atoms with Crippen LogP contribution in [0.3, 0.4) is 0 Å². The molecule has 2 atom stereocenters. The Labute approximate surface area is 85.2 Å². The molecule has 1 N–H and O–H groups in total. The number of nitrogens with zero attached hydrogens (tertiary/aromatic N) is 1. The molecule has 0 spiro atoms. The fourth-order valence-electron chi connectivity index (χ4n) is 1.42. The van der Waals surface area contributed by atoms with E-state index in [0.29, 0.717) is 0 Å². The van der Waals surface area contributed by atoms with Crippen LogP contribution in [-0.4, -0.2) is 15.8 Å². The maximum atomic E-state index is 9.88. The standard InChI is InChI=1S/C12H17NO/c1-4-11(12(14)9-10(2)3)13-7-5-6-8-13/h4-9,11-12,14H,1H2,2-3H3/t11-,12+/m0/s1. The minimum absolute atomic E-state index is 0.0834. The van der Waals surface area contributed by atoms with E-state index in [2.05, 4.69) is 6.58 Å². The van der Waals surface area contributed by atoms with Gasteiger partial charge in [-0.3, -0.25) is 0 Å². The van der Waals surface area contributed by atoms with E-state index in [1.807, 2.05) is 49.0 Å². The Morgan fingerprint density at radius 2 is 1.93 bits per heavy atom. The van der Waals surface area contributed by atoms with Gasteiger partial charge in [-0.15, -0.1) is 6.58 Å². The summed E-state index contributed by atoms with van der Waals surface area (Å²) in [6.07, 6.45) is 6.93. The summed E-state index contributed by atoms with van der Waals surface area (Å²) in [6, 6.07) is 3.79. The summed E-state index contributed by atoms with van der Waals surface area (Å²) < 4.78 is 1.94. The van der Waals surface area contributed by atoms with Crippen LogP contribution in [0.15, 0.2) is 48.8 Å². The molecule has 2 heteroatoms. The van der Waals surface area contributed by atoms with Crippen LogP contribution in [0.25, 0.3) is 0 Å². The van der Waals surface area contributed by atoms with Gasteiger partial charge < -0.3 is 9.67 Å². The maximum Gasteiger partial charge on any atom is 0.0965 e. The first-order valence-corrected chi connectivity index (χ1v) is 4.73. The topological polar surface area (TPSA) is 25.2 Å². The number of hydrogen-bond donors (Lipinski definition) is 1. The highest BCUT2D eigenvalue weighted by Gasteiger charge is 2.13. The SMILES string of the molecule is C=C[C@@H]([C@H](O)C=C(C)C)n1cccc1. The fraction of sp³-hybridized carbons (Fsp3) is 0.333. The monoisotopic (exact) mass is 191 g/mol. The van der Waals surface area contributed by atoms with Crippen LogP contribution in [0.1, 0.15) is 19.9 Å². The van der Waals surface area contributed by atoms with E-state index < -0.39 is 6.10 Å². The quantitative estimate of drug-likeness (QED) is 0.727. The lowest BCUT2D eigenvalue weighted by Gasteiger charge is -2.19. The van der Waals surface area contributed by atoms with Crippen molar-refractivity contribution in [1.29, 1.82) is 0 Å². The van der Waals surface area contributed by atoms with Gasteiger partial charge in [0.15, 0.2) is 0 Å². The van der Waals surface area contributed by atoms with Crippen molar-refractivity contribution in [3.8, 4) is 0 Å². The van der Waals surface area contributed by atoms with Gasteiger partial charge in [0.25, 0.3) is 0 Å². The summed E-state index contributed by atoms with van der Waals surface area (Å²) in [5.74, 6) is 0. The number of rotatable bonds is 4. The van der Waals surface area contributed by atoms with Crippen molar-refractivity contribution < 1.29 is 5.11 Å². The van der Waals surface area contributed by atoms with Crippen LogP contribution in [0.5, 0.6) is 0 Å². The lowest BCUT2D eigenvalue weighted by Crippen LogP contribution is -2.19. The Morgan fingerprint density at radius 3 is 2.36 bits per heavy atom. The Bertz CT molecular complexity index is 307. The number of allylic oxidation sites excluding steroid dienone is 1. The second-order valence-corrected chi connectivity index (χ2v) is 3.59. The van der Waals surface area contributed by atoms with Crippen molar-refractivity contribution in [3.63, 3.8) is 0 Å². The molecule has 0 bridgehead atoms. The van der Waals surface area contributed by atoms with Gasteiger partial charge in [0.1, 0.15) is 0 Å². The normalized spacial score (nSPS) is 14.5. The maximum absolute atomic E-state index is 9.88. The highest BCUT2D eigenvalue weighted by Crippen LogP contribution is 2.15. The zero-order chi connectivity index (χ0) is 10.6. The Hall–Kier alpha value is -1.28. The number of aromatic nitrogens is 1. The van der Waals surface area contributed by atoms with Crippen LogP contribution in [0.2, 0.25) is 0 Å². The lowest BCUT2D eigenvalue weighted by atomic mass is 10.1. The molecule has 0 aliphatic rings. The highest BCUT2D eigenvalue weighted by molar-refractivity contribution is 5.07. The molecular weight excluding hydrogens is 174 g/mol. The van der Waals surface area contributed by atoms with E-state index in [0.717, 1.165) is 5.57 Å². The molecule has 0 fully saturated rings. The van der Waals surface area contributed by atoms with Gasteiger partial charge in [-0.2, -0.15) is 0 Å². The van der Waals surface area contributed by atoms with Crippen LogP contribution < -0.4 is 0 Å². The first-order chi connectivity index (χ1) is 6.65. The molecular formula is C12H17NO. The molecule has 1 heterocycles. The largest absolute Gasteiger partial charge is 0.387 e. The van der Waals surface area contributed by atoms with E-state index >= 15 is 0 Å². The van der Waals surface area contributed by atoms with E-state index in [9.17, 15) is 5.11 Å². The third kappa shape index (κ3) is 2.60. The van der Waals surface area contributed by atoms with Crippen LogP contribution >= 0.6 is 0 Å². The van der Waals surface area contributed by atoms with Gasteiger partial charge in [0.05, 0.1) is 12.1 Å². The molecule has 76 valence electrons. The van der Waals surface area contributed by atoms with Crippen molar-refractivity contribution in [2.24, 2.45) is 0 Å². The minimum atomic E-state index is -0.509. The lowest BCUT2D eigenvalue weighted by molar-refractivity contribution is 0.179. The summed E-state index contributed by atoms with van der Waals surface area (Å²) in [5, 5.41) is 9.88. The first-order valence-electron chi connectivity index (χ1n) is 4.73. The van der Waals surface area contributed by atoms with Crippen molar-refractivity contribution in [2.45, 2.75) is 26.0 Å². The van der Waals surface area contributed by atoms with Gasteiger partial charge in [0, 0.05) is 12.4 Å². The third-order valence-electron chi connectivity index (χ3n) is 2.07. The molecule has 1 aromatic rings. The predicted molar refractivity (Wildman–Crippen MR) is 59.1 cm³/mol. The van der Waals surface area contributed by atoms with E-state index in [4.69, 9.17) is 0 Å². The van der Waals surface area contributed by atoms with E-state index in [1.54, 1.807) is 6.08 Å². The summed E-state index contributed by atoms with van der Waals surface area (Å²) in [7, 11) is 0. The summed E-state index contributed by atoms with van der Waals surface area (Å²) in [6.45, 7) is 7.68. The summed E-state index contributed by atoms with van der Waals surface area (Å²) in [4.78, 5) is 0. The summed E-state index contributed by atoms with van der Waals surface area (Å²) in [5.41, 5.74) is 1.11. The molecule has 2 nitrogen and oxygen atoms in total. The van der Waals surface area contributed by atoms with Crippen molar-refractivity contribution >= 4 is 0 Å². The van der Waals surface area contributed by atoms with Crippen molar-refractivity contribution in [2.75, 3.05) is 0 Å². The van der Waals surface area contributed by atoms with Gasteiger partial charge in [-0.05, 0) is 26.0 Å². The molecule has 0 saturated carbocycles. The molecule has 1 rings (SSSR count). The first kappa shape index (κ1) is 10.8. The molecule has 0 aliphatic heterocycles. The molecule has 0 radical (unpaired) electrons. The smallest absolute Gasteiger partial charge is 0.0965 e. The number of aliphatic hydroxyl groups excluding tert-OH is 1. The van der Waals surface area contributed by atoms with E-state index in [-0.39, 0.29) is 6.04 Å². The molecule has 14 heavy (non-hydrogen) atoms. The van der Waals surface area contributed by atoms with Gasteiger partial charge in [-0.25, -0.2) is 0 Å². The zero-order valence-corrected chi connectivity index (χ0v) is 8.72. The fourth-order valence-corrected chi connectivity index (χ4v) is 1.42. The molecule has 1 aromatic heterocycles. The molecule has 0 saturated heterocycles. The summed E-state index contributed by atoms with van der Waals surface area (Å²) >= 11 is 0. The highest BCUT2D eigenvalue weighted by atomic mass is 16.3. The minimum Gasteiger partial charge on any atom is -0.387 e. The van der Waals surface area contributed by atoms with Gasteiger partial charge >= 0.3 is 0 Å². The average Bonchev–Trinajstić information content (AvgIpc) is 2.57. The second-order valence-electron chi connectivity index (χ2n) is 3.59. The van der Waals surface area contributed by atoms with Gasteiger partial charge in [-0.1, -0.05) is 17.7 Å². The van der Waals surface area contributed by atoms with Crippen LogP contribution in [0.4, 0.5) is 0 Å². The Balaban J connectivity index is 2.82. The van der Waals surface area contributed by atoms with Crippen molar-refractivity contribution in [1.82, 2.24) is 4.57 Å².